The van der Waals surface area contributed by atoms with E-state index in [2.05, 4.69) is 34.9 Å². The number of thiazole rings is 1. The van der Waals surface area contributed by atoms with Gasteiger partial charge in [0.05, 0.1) is 27.7 Å². The first-order valence-electron chi connectivity index (χ1n) is 23.0. The Morgan fingerprint density at radius 3 is 2.17 bits per heavy atom. The number of quaternary nitrogens is 1. The number of nitrogens with zero attached hydrogens (tertiary/aromatic N) is 4. The Morgan fingerprint density at radius 1 is 0.875 bits per heavy atom. The Labute approximate surface area is 427 Å². The van der Waals surface area contributed by atoms with E-state index in [1.165, 1.54) is 42.0 Å². The largest absolute Gasteiger partial charge is 0.504 e. The Kier molecular flexibility index (Phi) is 16.8. The van der Waals surface area contributed by atoms with Crippen LogP contribution in [-0.4, -0.2) is 122 Å². The number of thioether (sulfide) groups is 1. The number of amides is 3. The lowest BCUT2D eigenvalue weighted by atomic mass is 10.0. The standard InChI is InChI=1S/C52H62N6O12S2/c1-50(2,3)68-47(64)52(7,8)70-56-40(37-30-72-48(53-37)55-49(65)69-51(4,5)6)43(61)54-41-44(62)57-42(46(63)67-28-34-17-21-36(66-11)22-18-34)35(29-71-45(41)57)20-16-31-12-14-33(15-13-31)27-58(9,10)25-24-32-19-23-38(59)39(60)26-32/h12-23,26,30,41,45H,24-25,27-29H2,1-11H3,(H3-,53,54,55,56,59,60,61,65)/p+1/b20-16+/t41-,45-/m1/s1. The molecule has 1 aromatic heterocycles. The molecule has 0 saturated carbocycles. The minimum Gasteiger partial charge on any atom is -0.504 e. The number of aromatic hydroxyl groups is 2. The molecule has 1 saturated heterocycles. The van der Waals surface area contributed by atoms with Crippen LogP contribution >= 0.6 is 23.1 Å². The number of likely N-dealkylation sites (N-methyl/N-ethyl adjacent to an activating group) is 1. The number of methoxy groups -OCH3 is 1. The summed E-state index contributed by atoms with van der Waals surface area (Å²) in [5.41, 5.74) is 0.358. The number of benzene rings is 3. The van der Waals surface area contributed by atoms with Gasteiger partial charge in [0.2, 0.25) is 5.60 Å². The number of nitrogens with one attached hydrogen (secondary N) is 2. The smallest absolute Gasteiger partial charge is 0.413 e. The molecule has 0 bridgehead atoms. The summed E-state index contributed by atoms with van der Waals surface area (Å²) in [6, 6.07) is 18.8. The van der Waals surface area contributed by atoms with Gasteiger partial charge in [0.15, 0.2) is 22.3 Å². The fraction of sp³-hybridized carbons (Fsp3) is 0.404. The van der Waals surface area contributed by atoms with E-state index >= 15 is 0 Å². The van der Waals surface area contributed by atoms with Crippen LogP contribution in [0.3, 0.4) is 0 Å². The Bertz CT molecular complexity index is 2750. The van der Waals surface area contributed by atoms with Crippen LogP contribution in [0.2, 0.25) is 0 Å². The number of carbonyl (C=O) groups is 5. The number of ether oxygens (including phenoxy) is 4. The molecule has 3 amide bonds. The normalized spacial score (nSPS) is 16.4. The quantitative estimate of drug-likeness (QED) is 0.0143. The van der Waals surface area contributed by atoms with Crippen molar-refractivity contribution in [1.82, 2.24) is 15.2 Å². The first kappa shape index (κ1) is 54.4. The number of oxime groups is 1. The van der Waals surface area contributed by atoms with Crippen LogP contribution in [0.25, 0.3) is 6.08 Å². The second-order valence-electron chi connectivity index (χ2n) is 20.3. The molecule has 0 unspecified atom stereocenters. The van der Waals surface area contributed by atoms with Crippen molar-refractivity contribution in [2.24, 2.45) is 5.16 Å². The number of carbonyl (C=O) groups excluding carboxylic acids is 5. The molecule has 20 heteroatoms. The highest BCUT2D eigenvalue weighted by Crippen LogP contribution is 2.41. The molecular formula is C52H63N6O12S2+. The third-order valence-electron chi connectivity index (χ3n) is 10.9. The first-order chi connectivity index (χ1) is 33.7. The average molecular weight is 1030 g/mol. The van der Waals surface area contributed by atoms with Crippen LogP contribution in [0.4, 0.5) is 9.93 Å². The van der Waals surface area contributed by atoms with Crippen LogP contribution in [0.1, 0.15) is 83.3 Å². The highest BCUT2D eigenvalue weighted by Gasteiger charge is 2.54. The summed E-state index contributed by atoms with van der Waals surface area (Å²) in [6.45, 7) is 14.5. The number of rotatable bonds is 18. The number of allylic oxidation sites excluding steroid dienone is 1. The second kappa shape index (κ2) is 22.3. The lowest BCUT2D eigenvalue weighted by Gasteiger charge is -2.49. The molecule has 0 spiro atoms. The van der Waals surface area contributed by atoms with Gasteiger partial charge in [0, 0.05) is 23.1 Å². The molecule has 4 aromatic rings. The molecule has 6 rings (SSSR count). The van der Waals surface area contributed by atoms with Crippen molar-refractivity contribution >= 4 is 69.9 Å². The number of hydrogen-bond acceptors (Lipinski definition) is 16. The van der Waals surface area contributed by atoms with E-state index in [4.69, 9.17) is 23.8 Å². The van der Waals surface area contributed by atoms with Gasteiger partial charge in [-0.25, -0.2) is 19.4 Å². The monoisotopic (exact) mass is 1030 g/mol. The summed E-state index contributed by atoms with van der Waals surface area (Å²) < 4.78 is 22.6. The average Bonchev–Trinajstić information content (AvgIpc) is 3.76. The summed E-state index contributed by atoms with van der Waals surface area (Å²) in [7, 11) is 5.80. The van der Waals surface area contributed by atoms with Gasteiger partial charge in [-0.1, -0.05) is 59.8 Å². The number of aromatic nitrogens is 1. The van der Waals surface area contributed by atoms with Gasteiger partial charge < -0.3 is 43.8 Å². The molecule has 0 radical (unpaired) electrons. The maximum absolute atomic E-state index is 14.3. The number of esters is 2. The van der Waals surface area contributed by atoms with E-state index in [9.17, 15) is 34.2 Å². The van der Waals surface area contributed by atoms with Crippen molar-refractivity contribution in [1.29, 1.82) is 0 Å². The predicted octanol–water partition coefficient (Wildman–Crippen LogP) is 7.68. The summed E-state index contributed by atoms with van der Waals surface area (Å²) in [5.74, 6) is -2.35. The minimum absolute atomic E-state index is 0.0327. The van der Waals surface area contributed by atoms with E-state index in [1.54, 1.807) is 91.1 Å². The topological polar surface area (TPSA) is 225 Å². The van der Waals surface area contributed by atoms with Crippen molar-refractivity contribution in [2.45, 2.75) is 103 Å². The van der Waals surface area contributed by atoms with Gasteiger partial charge in [-0.15, -0.1) is 23.1 Å². The zero-order valence-corrected chi connectivity index (χ0v) is 44.0. The molecule has 2 aliphatic heterocycles. The highest BCUT2D eigenvalue weighted by molar-refractivity contribution is 8.00. The molecule has 1 fully saturated rings. The molecule has 0 aliphatic carbocycles. The molecule has 18 nitrogen and oxygen atoms in total. The van der Waals surface area contributed by atoms with Crippen LogP contribution in [0.5, 0.6) is 17.2 Å². The number of β-lactam (4-membered cyclic amide) rings is 1. The Morgan fingerprint density at radius 2 is 1.53 bits per heavy atom. The van der Waals surface area contributed by atoms with Crippen molar-refractivity contribution in [3.63, 3.8) is 0 Å². The second-order valence-corrected chi connectivity index (χ2v) is 22.3. The molecule has 72 heavy (non-hydrogen) atoms. The van der Waals surface area contributed by atoms with Crippen LogP contribution in [0.15, 0.2) is 94.6 Å². The number of hydrogen-bond donors (Lipinski definition) is 4. The number of anilines is 1. The lowest BCUT2D eigenvalue weighted by molar-refractivity contribution is -0.903. The predicted molar refractivity (Wildman–Crippen MR) is 274 cm³/mol. The number of phenols is 2. The first-order valence-corrected chi connectivity index (χ1v) is 25.0. The Hall–Kier alpha value is -6.90. The third kappa shape index (κ3) is 14.6. The van der Waals surface area contributed by atoms with E-state index in [-0.39, 0.29) is 40.4 Å². The van der Waals surface area contributed by atoms with Crippen LogP contribution in [-0.2, 0) is 57.8 Å². The van der Waals surface area contributed by atoms with Gasteiger partial charge >= 0.3 is 18.0 Å². The maximum Gasteiger partial charge on any atom is 0.413 e. The van der Waals surface area contributed by atoms with Crippen molar-refractivity contribution < 1.29 is 62.5 Å². The van der Waals surface area contributed by atoms with E-state index < -0.39 is 63.8 Å². The molecular weight excluding hydrogens is 965 g/mol. The number of fused-ring (bicyclic) bond motifs is 1. The van der Waals surface area contributed by atoms with Crippen LogP contribution in [0, 0.1) is 0 Å². The fourth-order valence-electron chi connectivity index (χ4n) is 7.20. The molecule has 3 aromatic carbocycles. The van der Waals surface area contributed by atoms with Gasteiger partial charge in [0.25, 0.3) is 11.8 Å². The van der Waals surface area contributed by atoms with Crippen molar-refractivity contribution in [3.05, 3.63) is 117 Å². The van der Waals surface area contributed by atoms with Gasteiger partial charge in [0.1, 0.15) is 52.9 Å². The molecule has 2 aliphatic rings. The minimum atomic E-state index is -1.67. The van der Waals surface area contributed by atoms with Gasteiger partial charge in [-0.05, 0) is 102 Å². The van der Waals surface area contributed by atoms with Crippen molar-refractivity contribution in [2.75, 3.05) is 38.8 Å². The molecule has 384 valence electrons. The maximum atomic E-state index is 14.3. The zero-order chi connectivity index (χ0) is 52.8. The molecule has 4 N–H and O–H groups in total. The summed E-state index contributed by atoms with van der Waals surface area (Å²) >= 11 is 2.31. The SMILES string of the molecule is COc1ccc(COC(=O)C2=C(/C=C/c3ccc(C[N+](C)(C)CCc4ccc(O)c(O)c4)cc3)CS[C@@H]3[C@H](NC(=O)/C(=N\OC(C)(C)C(=O)OC(C)(C)C)c4csc(NC(=O)OC(C)(C)C)n4)C(=O)N23)cc1. The third-order valence-corrected chi connectivity index (χ3v) is 13.0. The van der Waals surface area contributed by atoms with Crippen molar-refractivity contribution in [3.8, 4) is 17.2 Å². The van der Waals surface area contributed by atoms with Crippen LogP contribution < -0.4 is 15.4 Å². The van der Waals surface area contributed by atoms with E-state index in [0.29, 0.717) is 27.8 Å². The summed E-state index contributed by atoms with van der Waals surface area (Å²) in [4.78, 5) is 79.6. The Balaban J connectivity index is 1.22. The van der Waals surface area contributed by atoms with Gasteiger partial charge in [-0.3, -0.25) is 19.8 Å². The lowest BCUT2D eigenvalue weighted by Crippen LogP contribution is -2.71. The zero-order valence-electron chi connectivity index (χ0n) is 42.4. The summed E-state index contributed by atoms with van der Waals surface area (Å²) in [5, 5.41) is 29.8. The highest BCUT2D eigenvalue weighted by atomic mass is 32.2. The van der Waals surface area contributed by atoms with E-state index in [0.717, 1.165) is 41.1 Å². The number of phenolic OH excluding ortho intramolecular Hbond substituents is 2. The molecule has 3 heterocycles. The molecule has 2 atom stereocenters. The summed E-state index contributed by atoms with van der Waals surface area (Å²) in [6.07, 6.45) is 3.57. The van der Waals surface area contributed by atoms with Gasteiger partial charge in [-0.2, -0.15) is 0 Å². The van der Waals surface area contributed by atoms with E-state index in [1.807, 2.05) is 30.3 Å². The fourth-order valence-corrected chi connectivity index (χ4v) is 9.20.